The summed E-state index contributed by atoms with van der Waals surface area (Å²) in [6, 6.07) is 17.2. The number of fused-ring (bicyclic) bond motifs is 1. The van der Waals surface area contributed by atoms with Crippen LogP contribution in [-0.2, 0) is 16.6 Å². The van der Waals surface area contributed by atoms with Gasteiger partial charge in [0, 0.05) is 5.56 Å². The monoisotopic (exact) mass is 388 g/mol. The number of carbonyl (C=O) groups excluding carboxylic acids is 1. The summed E-state index contributed by atoms with van der Waals surface area (Å²) in [6.45, 7) is 0.230. The lowest BCUT2D eigenvalue weighted by molar-refractivity contribution is -0.120. The first kappa shape index (κ1) is 17.7. The van der Waals surface area contributed by atoms with Crippen molar-refractivity contribution >= 4 is 5.78 Å². The quantitative estimate of drug-likeness (QED) is 0.641. The van der Waals surface area contributed by atoms with Crippen LogP contribution in [0, 0.1) is 0 Å². The lowest BCUT2D eigenvalue weighted by Gasteiger charge is -2.15. The fraction of sp³-hybridized carbons (Fsp3) is 0.261. The van der Waals surface area contributed by atoms with E-state index in [-0.39, 0.29) is 19.0 Å². The Labute approximate surface area is 168 Å². The number of methoxy groups -OCH3 is 1. The third-order valence-electron chi connectivity index (χ3n) is 5.65. The second-order valence-electron chi connectivity index (χ2n) is 7.36. The van der Waals surface area contributed by atoms with E-state index in [1.165, 1.54) is 0 Å². The SMILES string of the molecule is COc1ccccc1-c1ccc(CC(=O)C2(c3ccc4c(c3)OCO4)CC2)nn1. The van der Waals surface area contributed by atoms with Crippen molar-refractivity contribution in [2.45, 2.75) is 24.7 Å². The number of para-hydroxylation sites is 1. The van der Waals surface area contributed by atoms with Gasteiger partial charge in [0.05, 0.1) is 30.3 Å². The van der Waals surface area contributed by atoms with Crippen molar-refractivity contribution in [3.05, 3.63) is 65.9 Å². The number of benzene rings is 2. The molecule has 0 radical (unpaired) electrons. The van der Waals surface area contributed by atoms with Gasteiger partial charge in [-0.1, -0.05) is 18.2 Å². The zero-order chi connectivity index (χ0) is 19.8. The minimum Gasteiger partial charge on any atom is -0.496 e. The van der Waals surface area contributed by atoms with Crippen LogP contribution in [0.4, 0.5) is 0 Å². The number of hydrogen-bond acceptors (Lipinski definition) is 6. The summed E-state index contributed by atoms with van der Waals surface area (Å²) in [5.74, 6) is 2.35. The molecule has 1 aliphatic heterocycles. The van der Waals surface area contributed by atoms with Crippen molar-refractivity contribution in [1.29, 1.82) is 0 Å². The van der Waals surface area contributed by atoms with E-state index in [0.717, 1.165) is 41.2 Å². The molecular weight excluding hydrogens is 368 g/mol. The van der Waals surface area contributed by atoms with Crippen molar-refractivity contribution in [2.24, 2.45) is 0 Å². The van der Waals surface area contributed by atoms with E-state index < -0.39 is 5.41 Å². The summed E-state index contributed by atoms with van der Waals surface area (Å²) in [6.07, 6.45) is 1.95. The van der Waals surface area contributed by atoms with Crippen LogP contribution in [0.5, 0.6) is 17.2 Å². The number of nitrogens with zero attached hydrogens (tertiary/aromatic N) is 2. The summed E-state index contributed by atoms with van der Waals surface area (Å²) in [5.41, 5.74) is 2.81. The Balaban J connectivity index is 1.35. The highest BCUT2D eigenvalue weighted by Gasteiger charge is 2.51. The molecule has 1 fully saturated rings. The number of rotatable bonds is 6. The maximum atomic E-state index is 13.1. The lowest BCUT2D eigenvalue weighted by Crippen LogP contribution is -2.23. The van der Waals surface area contributed by atoms with Crippen molar-refractivity contribution in [1.82, 2.24) is 10.2 Å². The van der Waals surface area contributed by atoms with Crippen LogP contribution in [0.25, 0.3) is 11.3 Å². The average molecular weight is 388 g/mol. The molecule has 1 aliphatic carbocycles. The zero-order valence-electron chi connectivity index (χ0n) is 16.1. The Bertz CT molecular complexity index is 1070. The van der Waals surface area contributed by atoms with Gasteiger partial charge in [-0.3, -0.25) is 4.79 Å². The highest BCUT2D eigenvalue weighted by molar-refractivity contribution is 5.94. The Morgan fingerprint density at radius 1 is 1.03 bits per heavy atom. The number of ether oxygens (including phenoxy) is 3. The molecule has 2 aliphatic rings. The topological polar surface area (TPSA) is 70.5 Å². The van der Waals surface area contributed by atoms with Crippen molar-refractivity contribution in [2.75, 3.05) is 13.9 Å². The number of Topliss-reactive ketones (excluding diaryl/α,β-unsaturated/α-hetero) is 1. The Morgan fingerprint density at radius 2 is 1.86 bits per heavy atom. The van der Waals surface area contributed by atoms with Crippen LogP contribution in [0.15, 0.2) is 54.6 Å². The minimum absolute atomic E-state index is 0.163. The van der Waals surface area contributed by atoms with Crippen molar-refractivity contribution < 1.29 is 19.0 Å². The van der Waals surface area contributed by atoms with Gasteiger partial charge in [-0.25, -0.2) is 0 Å². The molecule has 1 aromatic heterocycles. The second-order valence-corrected chi connectivity index (χ2v) is 7.36. The van der Waals surface area contributed by atoms with E-state index in [1.807, 2.05) is 54.6 Å². The summed E-state index contributed by atoms with van der Waals surface area (Å²) in [5, 5.41) is 8.61. The molecule has 6 heteroatoms. The van der Waals surface area contributed by atoms with E-state index in [1.54, 1.807) is 7.11 Å². The maximum absolute atomic E-state index is 13.1. The molecule has 1 saturated carbocycles. The van der Waals surface area contributed by atoms with Crippen LogP contribution in [-0.4, -0.2) is 29.9 Å². The standard InChI is InChI=1S/C23H20N2O4/c1-27-19-5-3-2-4-17(19)18-8-7-16(24-25-18)13-22(26)23(10-11-23)15-6-9-20-21(12-15)29-14-28-20/h2-9,12H,10-11,13-14H2,1H3. The fourth-order valence-corrected chi connectivity index (χ4v) is 3.84. The fourth-order valence-electron chi connectivity index (χ4n) is 3.84. The van der Waals surface area contributed by atoms with Gasteiger partial charge in [-0.15, -0.1) is 0 Å². The third-order valence-corrected chi connectivity index (χ3v) is 5.65. The molecule has 0 bridgehead atoms. The van der Waals surface area contributed by atoms with Gasteiger partial charge in [0.15, 0.2) is 11.5 Å². The van der Waals surface area contributed by atoms with Gasteiger partial charge in [0.25, 0.3) is 0 Å². The van der Waals surface area contributed by atoms with Gasteiger partial charge in [-0.2, -0.15) is 10.2 Å². The van der Waals surface area contributed by atoms with Gasteiger partial charge >= 0.3 is 0 Å². The van der Waals surface area contributed by atoms with Crippen LogP contribution in [0.3, 0.4) is 0 Å². The predicted molar refractivity (Wildman–Crippen MR) is 106 cm³/mol. The Morgan fingerprint density at radius 3 is 2.62 bits per heavy atom. The van der Waals surface area contributed by atoms with Crippen LogP contribution < -0.4 is 14.2 Å². The molecule has 0 amide bonds. The molecule has 0 unspecified atom stereocenters. The molecule has 0 atom stereocenters. The average Bonchev–Trinajstić information content (AvgIpc) is 3.45. The number of hydrogen-bond donors (Lipinski definition) is 0. The van der Waals surface area contributed by atoms with E-state index >= 15 is 0 Å². The molecule has 5 rings (SSSR count). The number of carbonyl (C=O) groups is 1. The molecule has 6 nitrogen and oxygen atoms in total. The van der Waals surface area contributed by atoms with E-state index in [0.29, 0.717) is 11.4 Å². The van der Waals surface area contributed by atoms with Crippen LogP contribution >= 0.6 is 0 Å². The first-order chi connectivity index (χ1) is 14.2. The number of aromatic nitrogens is 2. The summed E-state index contributed by atoms with van der Waals surface area (Å²) >= 11 is 0. The van der Waals surface area contributed by atoms with Crippen LogP contribution in [0.1, 0.15) is 24.1 Å². The van der Waals surface area contributed by atoms with Crippen molar-refractivity contribution in [3.8, 4) is 28.5 Å². The van der Waals surface area contributed by atoms with Crippen molar-refractivity contribution in [3.63, 3.8) is 0 Å². The molecule has 0 spiro atoms. The molecule has 2 aromatic carbocycles. The Kier molecular flexibility index (Phi) is 4.19. The highest BCUT2D eigenvalue weighted by atomic mass is 16.7. The largest absolute Gasteiger partial charge is 0.496 e. The predicted octanol–water partition coefficient (Wildman–Crippen LogP) is 3.72. The normalized spacial score (nSPS) is 15.8. The summed E-state index contributed by atoms with van der Waals surface area (Å²) < 4.78 is 16.2. The third kappa shape index (κ3) is 3.10. The first-order valence-electron chi connectivity index (χ1n) is 9.59. The van der Waals surface area contributed by atoms with Gasteiger partial charge in [-0.05, 0) is 54.8 Å². The molecule has 0 saturated heterocycles. The van der Waals surface area contributed by atoms with E-state index in [2.05, 4.69) is 10.2 Å². The van der Waals surface area contributed by atoms with E-state index in [4.69, 9.17) is 14.2 Å². The van der Waals surface area contributed by atoms with E-state index in [9.17, 15) is 4.79 Å². The second kappa shape index (κ2) is 6.88. The lowest BCUT2D eigenvalue weighted by atomic mass is 9.88. The maximum Gasteiger partial charge on any atom is 0.231 e. The van der Waals surface area contributed by atoms with Gasteiger partial charge < -0.3 is 14.2 Å². The molecular formula is C23H20N2O4. The molecule has 0 N–H and O–H groups in total. The summed E-state index contributed by atoms with van der Waals surface area (Å²) in [4.78, 5) is 13.1. The Hall–Kier alpha value is -3.41. The highest BCUT2D eigenvalue weighted by Crippen LogP contribution is 2.51. The molecule has 146 valence electrons. The van der Waals surface area contributed by atoms with Gasteiger partial charge in [0.1, 0.15) is 11.5 Å². The molecule has 3 aromatic rings. The zero-order valence-corrected chi connectivity index (χ0v) is 16.1. The van der Waals surface area contributed by atoms with Gasteiger partial charge in [0.2, 0.25) is 6.79 Å². The molecule has 2 heterocycles. The molecule has 29 heavy (non-hydrogen) atoms. The van der Waals surface area contributed by atoms with Crippen LogP contribution in [0.2, 0.25) is 0 Å². The first-order valence-corrected chi connectivity index (χ1v) is 9.59. The minimum atomic E-state index is -0.440. The number of ketones is 1. The smallest absolute Gasteiger partial charge is 0.231 e. The summed E-state index contributed by atoms with van der Waals surface area (Å²) in [7, 11) is 1.63.